The van der Waals surface area contributed by atoms with Crippen LogP contribution >= 0.6 is 0 Å². The molecule has 0 aromatic heterocycles. The number of carbonyl (C=O) groups is 3. The quantitative estimate of drug-likeness (QED) is 0.0282. The van der Waals surface area contributed by atoms with E-state index < -0.39 is 24.1 Å². The first-order valence-electron chi connectivity index (χ1n) is 20.0. The summed E-state index contributed by atoms with van der Waals surface area (Å²) in [6.45, 7) is 4.42. The van der Waals surface area contributed by atoms with Crippen molar-refractivity contribution in [3.05, 3.63) is 72.9 Å². The average Bonchev–Trinajstić information content (AvgIpc) is 3.09. The molecule has 2 atom stereocenters. The molecule has 0 aliphatic heterocycles. The van der Waals surface area contributed by atoms with E-state index in [1.807, 2.05) is 12.2 Å². The molecule has 0 amide bonds. The molecular weight excluding hydrogens is 654 g/mol. The highest BCUT2D eigenvalue weighted by molar-refractivity contribution is 5.70. The van der Waals surface area contributed by atoms with E-state index in [0.717, 1.165) is 57.8 Å². The number of allylic oxidation sites excluding steroid dienone is 12. The Kier molecular flexibility index (Phi) is 32.7. The lowest BCUT2D eigenvalue weighted by Crippen LogP contribution is -2.55. The third-order valence-electron chi connectivity index (χ3n) is 8.37. The average molecular weight is 728 g/mol. The molecule has 0 aromatic rings. The van der Waals surface area contributed by atoms with Crippen LogP contribution in [0.25, 0.3) is 0 Å². The number of unbranched alkanes of at least 4 members (excludes halogenated alkanes) is 8. The number of quaternary nitrogens is 1. The molecule has 0 fully saturated rings. The summed E-state index contributed by atoms with van der Waals surface area (Å²) in [6.07, 6.45) is 42.3. The molecule has 52 heavy (non-hydrogen) atoms. The van der Waals surface area contributed by atoms with E-state index in [1.54, 1.807) is 21.1 Å². The lowest BCUT2D eigenvalue weighted by molar-refractivity contribution is -0.889. The number of nitrogens with zero attached hydrogens (tertiary/aromatic N) is 1. The maximum Gasteiger partial charge on any atom is 0.306 e. The van der Waals surface area contributed by atoms with Gasteiger partial charge >= 0.3 is 11.9 Å². The Morgan fingerprint density at radius 1 is 0.596 bits per heavy atom. The van der Waals surface area contributed by atoms with Crippen LogP contribution in [0.3, 0.4) is 0 Å². The third kappa shape index (κ3) is 32.7. The van der Waals surface area contributed by atoms with Crippen molar-refractivity contribution in [1.29, 1.82) is 0 Å². The fourth-order valence-electron chi connectivity index (χ4n) is 5.27. The summed E-state index contributed by atoms with van der Waals surface area (Å²) in [5, 5.41) is 11.6. The van der Waals surface area contributed by atoms with E-state index in [0.29, 0.717) is 12.8 Å². The standard InChI is InChI=1S/C44H73NO7/c1-6-8-10-12-14-16-17-18-19-20-21-22-23-24-25-27-29-31-33-35-43(47)52-40(38-50-37-36-41(44(48)49)45(3,4)5)39-51-42(46)34-32-30-28-26-15-13-11-9-7-2/h8,10,14,16,18-19,21-22,24-25,29,31,40-41H,6-7,9,11-13,15,17,20,23,26-28,30,32-39H2,1-5H3/b10-8-,16-14-,19-18-,22-21-,25-24-,31-29-. The van der Waals surface area contributed by atoms with Gasteiger partial charge in [0, 0.05) is 19.3 Å². The Morgan fingerprint density at radius 3 is 1.56 bits per heavy atom. The molecule has 0 spiro atoms. The van der Waals surface area contributed by atoms with Gasteiger partial charge in [0.15, 0.2) is 6.10 Å². The van der Waals surface area contributed by atoms with E-state index >= 15 is 0 Å². The minimum absolute atomic E-state index is 0.00781. The minimum Gasteiger partial charge on any atom is -0.544 e. The van der Waals surface area contributed by atoms with Gasteiger partial charge in [-0.25, -0.2) is 0 Å². The van der Waals surface area contributed by atoms with E-state index in [9.17, 15) is 19.5 Å². The number of likely N-dealkylation sites (N-methyl/N-ethyl adjacent to an activating group) is 1. The second kappa shape index (κ2) is 34.8. The number of ether oxygens (including phenoxy) is 3. The summed E-state index contributed by atoms with van der Waals surface area (Å²) in [5.41, 5.74) is 0. The maximum absolute atomic E-state index is 12.6. The zero-order chi connectivity index (χ0) is 38.5. The zero-order valence-corrected chi connectivity index (χ0v) is 33.4. The van der Waals surface area contributed by atoms with Gasteiger partial charge in [-0.15, -0.1) is 0 Å². The zero-order valence-electron chi connectivity index (χ0n) is 33.4. The minimum atomic E-state index is -1.14. The molecule has 8 heteroatoms. The van der Waals surface area contributed by atoms with E-state index in [4.69, 9.17) is 14.2 Å². The van der Waals surface area contributed by atoms with Crippen LogP contribution in [0.15, 0.2) is 72.9 Å². The number of esters is 2. The molecule has 0 saturated heterocycles. The van der Waals surface area contributed by atoms with Gasteiger partial charge in [0.25, 0.3) is 0 Å². The Balaban J connectivity index is 4.53. The summed E-state index contributed by atoms with van der Waals surface area (Å²) in [5.74, 6) is -1.86. The number of carboxylic acids is 1. The highest BCUT2D eigenvalue weighted by Gasteiger charge is 2.25. The van der Waals surface area contributed by atoms with Crippen LogP contribution in [0.4, 0.5) is 0 Å². The maximum atomic E-state index is 12.6. The van der Waals surface area contributed by atoms with Gasteiger partial charge < -0.3 is 28.6 Å². The Labute approximate surface area is 317 Å². The molecule has 0 saturated carbocycles. The predicted molar refractivity (Wildman–Crippen MR) is 212 cm³/mol. The number of carboxylic acid groups (broad SMARTS) is 1. The highest BCUT2D eigenvalue weighted by Crippen LogP contribution is 2.12. The van der Waals surface area contributed by atoms with Gasteiger partial charge in [-0.05, 0) is 51.4 Å². The summed E-state index contributed by atoms with van der Waals surface area (Å²) in [4.78, 5) is 36.6. The van der Waals surface area contributed by atoms with Crippen LogP contribution in [0, 0.1) is 0 Å². The Morgan fingerprint density at radius 2 is 1.08 bits per heavy atom. The number of aliphatic carboxylic acids is 1. The molecule has 0 aliphatic carbocycles. The lowest BCUT2D eigenvalue weighted by Gasteiger charge is -2.34. The SMILES string of the molecule is CC/C=C\C/C=C\C/C=C\C/C=C\C/C=C\C/C=C\CCC(=O)OC(COCCC(C(=O)[O-])[N+](C)(C)C)COC(=O)CCCCCCCCCCC. The van der Waals surface area contributed by atoms with Crippen LogP contribution in [-0.2, 0) is 28.6 Å². The van der Waals surface area contributed by atoms with Crippen LogP contribution in [0.2, 0.25) is 0 Å². The van der Waals surface area contributed by atoms with E-state index in [-0.39, 0.29) is 43.1 Å². The molecule has 0 heterocycles. The fraction of sp³-hybridized carbons (Fsp3) is 0.659. The monoisotopic (exact) mass is 728 g/mol. The van der Waals surface area contributed by atoms with Gasteiger partial charge in [0.2, 0.25) is 0 Å². The number of hydrogen-bond donors (Lipinski definition) is 0. The van der Waals surface area contributed by atoms with E-state index in [1.165, 1.54) is 38.5 Å². The van der Waals surface area contributed by atoms with Crippen molar-refractivity contribution in [3.8, 4) is 0 Å². The summed E-state index contributed by atoms with van der Waals surface area (Å²) in [7, 11) is 5.36. The molecule has 0 rings (SSSR count). The molecule has 2 unspecified atom stereocenters. The summed E-state index contributed by atoms with van der Waals surface area (Å²) in [6, 6.07) is -0.739. The molecule has 0 N–H and O–H groups in total. The third-order valence-corrected chi connectivity index (χ3v) is 8.37. The second-order valence-electron chi connectivity index (χ2n) is 14.1. The largest absolute Gasteiger partial charge is 0.544 e. The summed E-state index contributed by atoms with van der Waals surface area (Å²) < 4.78 is 17.0. The number of hydrogen-bond acceptors (Lipinski definition) is 7. The molecule has 0 aromatic carbocycles. The molecular formula is C44H73NO7. The Bertz CT molecular complexity index is 1080. The fourth-order valence-corrected chi connectivity index (χ4v) is 5.27. The van der Waals surface area contributed by atoms with Crippen molar-refractivity contribution in [2.45, 2.75) is 148 Å². The van der Waals surface area contributed by atoms with Crippen LogP contribution in [0.1, 0.15) is 136 Å². The van der Waals surface area contributed by atoms with Crippen molar-refractivity contribution >= 4 is 17.9 Å². The van der Waals surface area contributed by atoms with Crippen LogP contribution in [0.5, 0.6) is 0 Å². The first-order valence-corrected chi connectivity index (χ1v) is 20.0. The first-order chi connectivity index (χ1) is 25.1. The van der Waals surface area contributed by atoms with Crippen molar-refractivity contribution < 1.29 is 38.2 Å². The highest BCUT2D eigenvalue weighted by atomic mass is 16.6. The van der Waals surface area contributed by atoms with Crippen molar-refractivity contribution in [3.63, 3.8) is 0 Å². The van der Waals surface area contributed by atoms with Crippen molar-refractivity contribution in [2.75, 3.05) is 41.0 Å². The molecule has 8 nitrogen and oxygen atoms in total. The smallest absolute Gasteiger partial charge is 0.306 e. The van der Waals surface area contributed by atoms with Gasteiger partial charge in [-0.2, -0.15) is 0 Å². The van der Waals surface area contributed by atoms with Gasteiger partial charge in [-0.3, -0.25) is 9.59 Å². The normalized spacial score (nSPS) is 13.8. The van der Waals surface area contributed by atoms with Crippen LogP contribution < -0.4 is 5.11 Å². The number of carbonyl (C=O) groups excluding carboxylic acids is 3. The molecule has 0 bridgehead atoms. The second-order valence-corrected chi connectivity index (χ2v) is 14.1. The summed E-state index contributed by atoms with van der Waals surface area (Å²) >= 11 is 0. The number of rotatable bonds is 34. The van der Waals surface area contributed by atoms with Crippen LogP contribution in [-0.4, -0.2) is 75.5 Å². The van der Waals surface area contributed by atoms with Crippen molar-refractivity contribution in [1.82, 2.24) is 0 Å². The van der Waals surface area contributed by atoms with Gasteiger partial charge in [-0.1, -0.05) is 138 Å². The lowest BCUT2D eigenvalue weighted by atomic mass is 10.1. The molecule has 296 valence electrons. The van der Waals surface area contributed by atoms with Gasteiger partial charge in [0.1, 0.15) is 12.6 Å². The predicted octanol–water partition coefficient (Wildman–Crippen LogP) is 9.07. The first kappa shape index (κ1) is 48.8. The molecule has 0 aliphatic rings. The van der Waals surface area contributed by atoms with Crippen molar-refractivity contribution in [2.24, 2.45) is 0 Å². The molecule has 0 radical (unpaired) electrons. The topological polar surface area (TPSA) is 102 Å². The van der Waals surface area contributed by atoms with E-state index in [2.05, 4.69) is 74.6 Å². The van der Waals surface area contributed by atoms with Gasteiger partial charge in [0.05, 0.1) is 40.3 Å². The Hall–Kier alpha value is -3.23.